The van der Waals surface area contributed by atoms with Crippen molar-refractivity contribution in [2.75, 3.05) is 16.6 Å². The predicted molar refractivity (Wildman–Crippen MR) is 125 cm³/mol. The van der Waals surface area contributed by atoms with Crippen LogP contribution in [0.1, 0.15) is 19.4 Å². The molecule has 3 aromatic carbocycles. The first-order chi connectivity index (χ1) is 15.3. The van der Waals surface area contributed by atoms with E-state index in [0.29, 0.717) is 29.5 Å². The van der Waals surface area contributed by atoms with Crippen molar-refractivity contribution < 1.29 is 22.7 Å². The Balaban J connectivity index is 1.60. The molecule has 0 heterocycles. The third-order valence-corrected chi connectivity index (χ3v) is 5.95. The van der Waals surface area contributed by atoms with Crippen LogP contribution in [-0.4, -0.2) is 27.0 Å². The van der Waals surface area contributed by atoms with E-state index < -0.39 is 16.1 Å². The van der Waals surface area contributed by atoms with Gasteiger partial charge in [0, 0.05) is 11.4 Å². The van der Waals surface area contributed by atoms with Gasteiger partial charge >= 0.3 is 0 Å². The number of carbonyl (C=O) groups excluding carboxylic acids is 1. The van der Waals surface area contributed by atoms with Gasteiger partial charge in [-0.1, -0.05) is 17.7 Å². The van der Waals surface area contributed by atoms with Crippen molar-refractivity contribution in [2.24, 2.45) is 0 Å². The quantitative estimate of drug-likeness (QED) is 0.493. The summed E-state index contributed by atoms with van der Waals surface area (Å²) >= 11 is 0. The second-order valence-electron chi connectivity index (χ2n) is 7.15. The van der Waals surface area contributed by atoms with Crippen molar-refractivity contribution in [2.45, 2.75) is 31.8 Å². The maximum Gasteiger partial charge on any atom is 0.265 e. The van der Waals surface area contributed by atoms with Gasteiger partial charge in [0.15, 0.2) is 6.10 Å². The summed E-state index contributed by atoms with van der Waals surface area (Å²) in [5.74, 6) is 0.921. The largest absolute Gasteiger partial charge is 0.494 e. The van der Waals surface area contributed by atoms with Gasteiger partial charge in [0.2, 0.25) is 0 Å². The lowest BCUT2D eigenvalue weighted by Gasteiger charge is -2.15. The smallest absolute Gasteiger partial charge is 0.265 e. The Bertz CT molecular complexity index is 1140. The molecule has 32 heavy (non-hydrogen) atoms. The van der Waals surface area contributed by atoms with Crippen LogP contribution in [0.15, 0.2) is 77.7 Å². The van der Waals surface area contributed by atoms with Crippen LogP contribution in [0, 0.1) is 6.92 Å². The van der Waals surface area contributed by atoms with E-state index in [0.717, 1.165) is 5.56 Å². The molecule has 1 amide bonds. The molecule has 0 fully saturated rings. The summed E-state index contributed by atoms with van der Waals surface area (Å²) in [6, 6.07) is 20.0. The number of hydrogen-bond donors (Lipinski definition) is 2. The molecule has 0 saturated carbocycles. The minimum atomic E-state index is -3.77. The average Bonchev–Trinajstić information content (AvgIpc) is 2.77. The molecule has 0 aromatic heterocycles. The highest BCUT2D eigenvalue weighted by atomic mass is 32.2. The standard InChI is InChI=1S/C24H26N2O5S/c1-4-30-21-13-7-20(8-14-21)26-32(28,29)23-15-9-19(10-16-23)25-24(27)18(3)31-22-11-5-17(2)6-12-22/h5-16,18,26H,4H2,1-3H3,(H,25,27). The molecule has 2 N–H and O–H groups in total. The van der Waals surface area contributed by atoms with Gasteiger partial charge < -0.3 is 14.8 Å². The fraction of sp³-hybridized carbons (Fsp3) is 0.208. The van der Waals surface area contributed by atoms with E-state index in [-0.39, 0.29) is 10.8 Å². The number of ether oxygens (including phenoxy) is 2. The summed E-state index contributed by atoms with van der Waals surface area (Å²) in [6.07, 6.45) is -0.720. The fourth-order valence-corrected chi connectivity index (χ4v) is 3.89. The van der Waals surface area contributed by atoms with Gasteiger partial charge in [-0.3, -0.25) is 9.52 Å². The Kier molecular flexibility index (Phi) is 7.37. The van der Waals surface area contributed by atoms with Crippen molar-refractivity contribution in [1.29, 1.82) is 0 Å². The molecule has 0 aliphatic heterocycles. The first-order valence-electron chi connectivity index (χ1n) is 10.2. The second-order valence-corrected chi connectivity index (χ2v) is 8.83. The summed E-state index contributed by atoms with van der Waals surface area (Å²) < 4.78 is 38.8. The van der Waals surface area contributed by atoms with Crippen LogP contribution in [0.3, 0.4) is 0 Å². The van der Waals surface area contributed by atoms with Gasteiger partial charge in [0.05, 0.1) is 11.5 Å². The lowest BCUT2D eigenvalue weighted by molar-refractivity contribution is -0.122. The zero-order chi connectivity index (χ0) is 23.1. The van der Waals surface area contributed by atoms with Gasteiger partial charge in [0.25, 0.3) is 15.9 Å². The highest BCUT2D eigenvalue weighted by molar-refractivity contribution is 7.92. The van der Waals surface area contributed by atoms with Gasteiger partial charge in [-0.15, -0.1) is 0 Å². The van der Waals surface area contributed by atoms with Crippen molar-refractivity contribution in [3.8, 4) is 11.5 Å². The Hall–Kier alpha value is -3.52. The maximum absolute atomic E-state index is 12.6. The number of benzene rings is 3. The topological polar surface area (TPSA) is 93.7 Å². The lowest BCUT2D eigenvalue weighted by Crippen LogP contribution is -2.30. The number of hydrogen-bond acceptors (Lipinski definition) is 5. The Morgan fingerprint density at radius 1 is 0.875 bits per heavy atom. The molecule has 1 atom stereocenters. The maximum atomic E-state index is 12.6. The van der Waals surface area contributed by atoms with Crippen molar-refractivity contribution in [3.05, 3.63) is 78.4 Å². The van der Waals surface area contributed by atoms with E-state index in [1.165, 1.54) is 24.3 Å². The summed E-state index contributed by atoms with van der Waals surface area (Å²) in [5, 5.41) is 2.73. The normalized spacial score (nSPS) is 12.0. The van der Waals surface area contributed by atoms with Crippen LogP contribution >= 0.6 is 0 Å². The molecule has 0 aliphatic rings. The average molecular weight is 455 g/mol. The van der Waals surface area contributed by atoms with Crippen LogP contribution < -0.4 is 19.5 Å². The van der Waals surface area contributed by atoms with Crippen LogP contribution in [0.5, 0.6) is 11.5 Å². The van der Waals surface area contributed by atoms with Gasteiger partial charge in [-0.25, -0.2) is 8.42 Å². The third kappa shape index (κ3) is 6.24. The zero-order valence-electron chi connectivity index (χ0n) is 18.2. The molecular formula is C24H26N2O5S. The lowest BCUT2D eigenvalue weighted by atomic mass is 10.2. The van der Waals surface area contributed by atoms with E-state index in [9.17, 15) is 13.2 Å². The highest BCUT2D eigenvalue weighted by Crippen LogP contribution is 2.21. The Morgan fingerprint density at radius 2 is 1.44 bits per heavy atom. The molecule has 0 saturated heterocycles. The van der Waals surface area contributed by atoms with Crippen LogP contribution in [0.2, 0.25) is 0 Å². The summed E-state index contributed by atoms with van der Waals surface area (Å²) in [6.45, 7) is 6.03. The molecule has 7 nitrogen and oxygen atoms in total. The summed E-state index contributed by atoms with van der Waals surface area (Å²) in [4.78, 5) is 12.5. The first-order valence-corrected chi connectivity index (χ1v) is 11.6. The molecular weight excluding hydrogens is 428 g/mol. The number of aryl methyl sites for hydroxylation is 1. The number of rotatable bonds is 9. The number of carbonyl (C=O) groups is 1. The van der Waals surface area contributed by atoms with Gasteiger partial charge in [-0.2, -0.15) is 0 Å². The summed E-state index contributed by atoms with van der Waals surface area (Å²) in [7, 11) is -3.77. The SMILES string of the molecule is CCOc1ccc(NS(=O)(=O)c2ccc(NC(=O)C(C)Oc3ccc(C)cc3)cc2)cc1. The molecule has 3 rings (SSSR count). The Morgan fingerprint density at radius 3 is 2.03 bits per heavy atom. The van der Waals surface area contributed by atoms with E-state index in [2.05, 4.69) is 10.0 Å². The fourth-order valence-electron chi connectivity index (χ4n) is 2.84. The number of sulfonamides is 1. The molecule has 0 spiro atoms. The van der Waals surface area contributed by atoms with Crippen molar-refractivity contribution in [3.63, 3.8) is 0 Å². The zero-order valence-corrected chi connectivity index (χ0v) is 19.0. The monoisotopic (exact) mass is 454 g/mol. The number of amides is 1. The van der Waals surface area contributed by atoms with Crippen LogP contribution in [-0.2, 0) is 14.8 Å². The molecule has 0 aliphatic carbocycles. The molecule has 3 aromatic rings. The van der Waals surface area contributed by atoms with Crippen molar-refractivity contribution >= 4 is 27.3 Å². The van der Waals surface area contributed by atoms with Crippen LogP contribution in [0.4, 0.5) is 11.4 Å². The molecule has 168 valence electrons. The minimum absolute atomic E-state index is 0.0772. The Labute approximate surface area is 188 Å². The predicted octanol–water partition coefficient (Wildman–Crippen LogP) is 4.60. The molecule has 0 bridgehead atoms. The van der Waals surface area contributed by atoms with Gasteiger partial charge in [-0.05, 0) is 81.4 Å². The third-order valence-electron chi connectivity index (χ3n) is 4.55. The van der Waals surface area contributed by atoms with E-state index in [1.807, 2.05) is 26.0 Å². The molecule has 8 heteroatoms. The van der Waals surface area contributed by atoms with E-state index in [4.69, 9.17) is 9.47 Å². The summed E-state index contributed by atoms with van der Waals surface area (Å²) in [5.41, 5.74) is 1.99. The van der Waals surface area contributed by atoms with Crippen molar-refractivity contribution in [1.82, 2.24) is 0 Å². The number of anilines is 2. The first kappa shape index (κ1) is 23.1. The number of nitrogens with one attached hydrogen (secondary N) is 2. The minimum Gasteiger partial charge on any atom is -0.494 e. The van der Waals surface area contributed by atoms with Gasteiger partial charge in [0.1, 0.15) is 11.5 Å². The van der Waals surface area contributed by atoms with E-state index in [1.54, 1.807) is 43.3 Å². The second kappa shape index (κ2) is 10.2. The molecule has 1 unspecified atom stereocenters. The van der Waals surface area contributed by atoms with Crippen LogP contribution in [0.25, 0.3) is 0 Å². The molecule has 0 radical (unpaired) electrons. The highest BCUT2D eigenvalue weighted by Gasteiger charge is 2.17. The van der Waals surface area contributed by atoms with E-state index >= 15 is 0 Å².